The summed E-state index contributed by atoms with van der Waals surface area (Å²) in [5.74, 6) is 2.04. The van der Waals surface area contributed by atoms with Crippen molar-refractivity contribution in [3.05, 3.63) is 69.7 Å². The minimum atomic E-state index is 0.670. The predicted octanol–water partition coefficient (Wildman–Crippen LogP) is 5.21. The maximum atomic E-state index is 9.96. The largest absolute Gasteiger partial charge is 0.496 e. The third-order valence-electron chi connectivity index (χ3n) is 6.87. The first-order valence-electron chi connectivity index (χ1n) is 11.7. The fraction of sp³-hybridized carbons (Fsp3) is 0.333. The molecule has 4 aromatic rings. The van der Waals surface area contributed by atoms with Gasteiger partial charge in [-0.3, -0.25) is 9.30 Å². The Hall–Kier alpha value is -3.27. The Morgan fingerprint density at radius 2 is 1.88 bits per heavy atom. The number of hydrogen-bond donors (Lipinski definition) is 0. The number of anilines is 1. The number of benzene rings is 2. The van der Waals surface area contributed by atoms with E-state index in [0.29, 0.717) is 5.56 Å². The van der Waals surface area contributed by atoms with E-state index in [4.69, 9.17) is 21.3 Å². The number of imidazole rings is 1. The molecule has 0 atom stereocenters. The lowest BCUT2D eigenvalue weighted by atomic mass is 10.0. The summed E-state index contributed by atoms with van der Waals surface area (Å²) >= 11 is 6.25. The van der Waals surface area contributed by atoms with Gasteiger partial charge in [0, 0.05) is 43.3 Å². The molecule has 0 spiro atoms. The fourth-order valence-corrected chi connectivity index (χ4v) is 5.34. The summed E-state index contributed by atoms with van der Waals surface area (Å²) in [5.41, 5.74) is 6.74. The van der Waals surface area contributed by atoms with E-state index < -0.39 is 0 Å². The first kappa shape index (κ1) is 22.5. The minimum absolute atomic E-state index is 0.670. The van der Waals surface area contributed by atoms with Gasteiger partial charge in [-0.1, -0.05) is 30.7 Å². The lowest BCUT2D eigenvalue weighted by molar-refractivity contribution is 0.245. The number of halogens is 1. The zero-order valence-corrected chi connectivity index (χ0v) is 20.6. The van der Waals surface area contributed by atoms with Gasteiger partial charge in [0.1, 0.15) is 17.6 Å². The molecule has 0 amide bonds. The summed E-state index contributed by atoms with van der Waals surface area (Å²) in [6.07, 6.45) is 0.859. The topological polar surface area (TPSA) is 56.8 Å². The molecule has 6 nitrogen and oxygen atoms in total. The average Bonchev–Trinajstić information content (AvgIpc) is 3.23. The van der Waals surface area contributed by atoms with Gasteiger partial charge in [-0.25, -0.2) is 4.98 Å². The monoisotopic (exact) mass is 473 g/mol. The minimum Gasteiger partial charge on any atom is -0.496 e. The number of hydrogen-bond acceptors (Lipinski definition) is 5. The zero-order chi connectivity index (χ0) is 23.8. The molecule has 1 aliphatic heterocycles. The number of aromatic nitrogens is 2. The van der Waals surface area contributed by atoms with Crippen molar-refractivity contribution in [2.45, 2.75) is 26.8 Å². The second-order valence-electron chi connectivity index (χ2n) is 8.75. The average molecular weight is 474 g/mol. The highest BCUT2D eigenvalue weighted by atomic mass is 35.5. The van der Waals surface area contributed by atoms with Crippen molar-refractivity contribution in [2.75, 3.05) is 38.2 Å². The van der Waals surface area contributed by atoms with Crippen molar-refractivity contribution in [1.82, 2.24) is 14.3 Å². The molecule has 3 heterocycles. The van der Waals surface area contributed by atoms with Crippen LogP contribution in [0.3, 0.4) is 0 Å². The molecule has 2 aromatic carbocycles. The van der Waals surface area contributed by atoms with Gasteiger partial charge in [0.2, 0.25) is 0 Å². The molecule has 34 heavy (non-hydrogen) atoms. The van der Waals surface area contributed by atoms with E-state index in [1.165, 1.54) is 11.4 Å². The molecular weight excluding hydrogens is 446 g/mol. The molecule has 2 aromatic heterocycles. The van der Waals surface area contributed by atoms with Gasteiger partial charge in [-0.15, -0.1) is 0 Å². The van der Waals surface area contributed by atoms with Crippen LogP contribution < -0.4 is 9.64 Å². The Bertz CT molecular complexity index is 1410. The summed E-state index contributed by atoms with van der Waals surface area (Å²) in [6, 6.07) is 16.4. The van der Waals surface area contributed by atoms with Crippen LogP contribution in [0.15, 0.2) is 42.5 Å². The van der Waals surface area contributed by atoms with Crippen LogP contribution in [-0.2, 0) is 13.0 Å². The number of rotatable bonds is 5. The van der Waals surface area contributed by atoms with Crippen LogP contribution in [-0.4, -0.2) is 47.6 Å². The fourth-order valence-electron chi connectivity index (χ4n) is 5.15. The SMILES string of the molecule is CCc1c(C)c(C#N)c2nc3ccccc3n2c1N1CCN(Cc2cc(Cl)ccc2OC)CC1. The molecule has 5 rings (SSSR count). The summed E-state index contributed by atoms with van der Waals surface area (Å²) < 4.78 is 7.75. The number of nitriles is 1. The Morgan fingerprint density at radius 1 is 1.12 bits per heavy atom. The highest BCUT2D eigenvalue weighted by molar-refractivity contribution is 6.30. The van der Waals surface area contributed by atoms with E-state index in [9.17, 15) is 5.26 Å². The Morgan fingerprint density at radius 3 is 2.59 bits per heavy atom. The van der Waals surface area contributed by atoms with Gasteiger partial charge < -0.3 is 9.64 Å². The lowest BCUT2D eigenvalue weighted by Crippen LogP contribution is -2.47. The van der Waals surface area contributed by atoms with E-state index in [1.807, 2.05) is 36.4 Å². The molecular formula is C27H28ClN5O. The van der Waals surface area contributed by atoms with Crippen LogP contribution in [0.25, 0.3) is 16.7 Å². The van der Waals surface area contributed by atoms with Crippen LogP contribution in [0.4, 0.5) is 5.82 Å². The van der Waals surface area contributed by atoms with Crippen molar-refractivity contribution in [1.29, 1.82) is 5.26 Å². The summed E-state index contributed by atoms with van der Waals surface area (Å²) in [5, 5.41) is 10.7. The number of ether oxygens (including phenoxy) is 1. The van der Waals surface area contributed by atoms with Crippen LogP contribution in [0, 0.1) is 18.3 Å². The standard InChI is InChI=1S/C27H28ClN5O/c1-4-21-18(2)22(16-29)26-30-23-7-5-6-8-24(23)33(26)27(21)32-13-11-31(12-14-32)17-19-15-20(28)9-10-25(19)34-3/h5-10,15H,4,11-14,17H2,1-3H3. The number of nitrogens with zero attached hydrogens (tertiary/aromatic N) is 5. The summed E-state index contributed by atoms with van der Waals surface area (Å²) in [6.45, 7) is 8.65. The first-order valence-corrected chi connectivity index (χ1v) is 12.1. The molecule has 0 aliphatic carbocycles. The van der Waals surface area contributed by atoms with E-state index >= 15 is 0 Å². The number of para-hydroxylation sites is 2. The van der Waals surface area contributed by atoms with Crippen LogP contribution in [0.5, 0.6) is 5.75 Å². The zero-order valence-electron chi connectivity index (χ0n) is 19.8. The molecule has 1 saturated heterocycles. The Labute approximate surface area is 204 Å². The van der Waals surface area contributed by atoms with Crippen LogP contribution >= 0.6 is 11.6 Å². The van der Waals surface area contributed by atoms with E-state index in [1.54, 1.807) is 7.11 Å². The molecule has 1 aliphatic rings. The van der Waals surface area contributed by atoms with E-state index in [0.717, 1.165) is 77.7 Å². The number of pyridine rings is 1. The van der Waals surface area contributed by atoms with Crippen molar-refractivity contribution in [3.63, 3.8) is 0 Å². The molecule has 0 unspecified atom stereocenters. The van der Waals surface area contributed by atoms with Crippen molar-refractivity contribution in [3.8, 4) is 11.8 Å². The van der Waals surface area contributed by atoms with E-state index in [2.05, 4.69) is 40.2 Å². The number of methoxy groups -OCH3 is 1. The smallest absolute Gasteiger partial charge is 0.157 e. The van der Waals surface area contributed by atoms with Gasteiger partial charge in [0.15, 0.2) is 5.65 Å². The maximum absolute atomic E-state index is 9.96. The molecule has 0 saturated carbocycles. The summed E-state index contributed by atoms with van der Waals surface area (Å²) in [7, 11) is 1.70. The predicted molar refractivity (Wildman–Crippen MR) is 137 cm³/mol. The van der Waals surface area contributed by atoms with Gasteiger partial charge in [0.05, 0.1) is 23.7 Å². The lowest BCUT2D eigenvalue weighted by Gasteiger charge is -2.38. The number of piperazine rings is 1. The molecule has 174 valence electrons. The van der Waals surface area contributed by atoms with Gasteiger partial charge in [-0.2, -0.15) is 5.26 Å². The Kier molecular flexibility index (Phi) is 6.07. The maximum Gasteiger partial charge on any atom is 0.157 e. The molecule has 1 fully saturated rings. The van der Waals surface area contributed by atoms with Crippen molar-refractivity contribution >= 4 is 34.1 Å². The third kappa shape index (κ3) is 3.75. The molecule has 0 radical (unpaired) electrons. The van der Waals surface area contributed by atoms with Gasteiger partial charge in [0.25, 0.3) is 0 Å². The molecule has 0 bridgehead atoms. The number of fused-ring (bicyclic) bond motifs is 3. The second kappa shape index (κ2) is 9.17. The van der Waals surface area contributed by atoms with Crippen LogP contribution in [0.1, 0.15) is 29.2 Å². The molecule has 0 N–H and O–H groups in total. The highest BCUT2D eigenvalue weighted by Crippen LogP contribution is 2.34. The first-order chi connectivity index (χ1) is 16.5. The highest BCUT2D eigenvalue weighted by Gasteiger charge is 2.26. The van der Waals surface area contributed by atoms with Gasteiger partial charge in [-0.05, 0) is 54.8 Å². The third-order valence-corrected chi connectivity index (χ3v) is 7.10. The second-order valence-corrected chi connectivity index (χ2v) is 9.18. The summed E-state index contributed by atoms with van der Waals surface area (Å²) in [4.78, 5) is 9.75. The van der Waals surface area contributed by atoms with Gasteiger partial charge >= 0.3 is 0 Å². The molecule has 7 heteroatoms. The van der Waals surface area contributed by atoms with Crippen molar-refractivity contribution in [2.24, 2.45) is 0 Å². The normalized spacial score (nSPS) is 14.6. The Balaban J connectivity index is 1.51. The van der Waals surface area contributed by atoms with Crippen molar-refractivity contribution < 1.29 is 4.74 Å². The quantitative estimate of drug-likeness (QED) is 0.398. The van der Waals surface area contributed by atoms with E-state index in [-0.39, 0.29) is 0 Å². The van der Waals surface area contributed by atoms with Crippen LogP contribution in [0.2, 0.25) is 5.02 Å².